The van der Waals surface area contributed by atoms with Crippen molar-refractivity contribution in [3.8, 4) is 5.75 Å². The molecule has 2 N–H and O–H groups in total. The molecule has 0 spiro atoms. The maximum Gasteiger partial charge on any atom is 0.255 e. The van der Waals surface area contributed by atoms with Gasteiger partial charge in [0.2, 0.25) is 5.91 Å². The Morgan fingerprint density at radius 2 is 2.04 bits per heavy atom. The lowest BCUT2D eigenvalue weighted by molar-refractivity contribution is -0.123. The molecule has 1 unspecified atom stereocenters. The molecular weight excluding hydrogens is 344 g/mol. The summed E-state index contributed by atoms with van der Waals surface area (Å²) in [6, 6.07) is 6.42. The molecule has 2 amide bonds. The molecule has 1 heterocycles. The molecule has 1 aromatic heterocycles. The smallest absolute Gasteiger partial charge is 0.255 e. The maximum atomic E-state index is 12.7. The highest BCUT2D eigenvalue weighted by molar-refractivity contribution is 5.99. The minimum absolute atomic E-state index is 0.0399. The number of aryl methyl sites for hydroxylation is 1. The lowest BCUT2D eigenvalue weighted by Gasteiger charge is -2.22. The Bertz CT molecular complexity index is 729. The van der Waals surface area contributed by atoms with E-state index in [0.717, 1.165) is 13.0 Å². The van der Waals surface area contributed by atoms with Crippen molar-refractivity contribution >= 4 is 11.8 Å². The molecular formula is C20H28N4O3. The summed E-state index contributed by atoms with van der Waals surface area (Å²) in [5, 5.41) is 5.74. The van der Waals surface area contributed by atoms with Gasteiger partial charge in [-0.25, -0.2) is 4.98 Å². The van der Waals surface area contributed by atoms with Gasteiger partial charge < -0.3 is 19.9 Å². The monoisotopic (exact) mass is 372 g/mol. The largest absolute Gasteiger partial charge is 0.493 e. The fourth-order valence-corrected chi connectivity index (χ4v) is 2.69. The van der Waals surface area contributed by atoms with Gasteiger partial charge >= 0.3 is 0 Å². The first kappa shape index (κ1) is 20.5. The highest BCUT2D eigenvalue weighted by Crippen LogP contribution is 2.18. The third kappa shape index (κ3) is 6.13. The van der Waals surface area contributed by atoms with Gasteiger partial charge in [0.15, 0.2) is 0 Å². The molecule has 1 atom stereocenters. The average molecular weight is 372 g/mol. The molecule has 0 aliphatic heterocycles. The fraction of sp³-hybridized carbons (Fsp3) is 0.450. The number of imidazole rings is 1. The van der Waals surface area contributed by atoms with E-state index in [1.807, 2.05) is 37.6 Å². The van der Waals surface area contributed by atoms with Crippen molar-refractivity contribution in [1.29, 1.82) is 0 Å². The topological polar surface area (TPSA) is 85.2 Å². The van der Waals surface area contributed by atoms with Crippen LogP contribution in [0.1, 0.15) is 37.6 Å². The molecule has 0 saturated heterocycles. The second-order valence-corrected chi connectivity index (χ2v) is 6.57. The van der Waals surface area contributed by atoms with Gasteiger partial charge in [-0.1, -0.05) is 26.0 Å². The van der Waals surface area contributed by atoms with Crippen LogP contribution in [-0.4, -0.2) is 40.6 Å². The van der Waals surface area contributed by atoms with E-state index in [-0.39, 0.29) is 17.7 Å². The van der Waals surface area contributed by atoms with Crippen LogP contribution >= 0.6 is 0 Å². The van der Waals surface area contributed by atoms with Crippen molar-refractivity contribution < 1.29 is 14.3 Å². The Kier molecular flexibility index (Phi) is 7.85. The fourth-order valence-electron chi connectivity index (χ4n) is 2.69. The Balaban J connectivity index is 1.91. The maximum absolute atomic E-state index is 12.7. The molecule has 2 aromatic rings. The van der Waals surface area contributed by atoms with Gasteiger partial charge in [-0.15, -0.1) is 0 Å². The molecule has 0 aliphatic rings. The predicted molar refractivity (Wildman–Crippen MR) is 104 cm³/mol. The third-order valence-electron chi connectivity index (χ3n) is 4.12. The van der Waals surface area contributed by atoms with E-state index < -0.39 is 6.04 Å². The Morgan fingerprint density at radius 3 is 2.70 bits per heavy atom. The van der Waals surface area contributed by atoms with Crippen molar-refractivity contribution in [1.82, 2.24) is 20.2 Å². The van der Waals surface area contributed by atoms with Crippen LogP contribution in [0.4, 0.5) is 0 Å². The number of hydrogen-bond acceptors (Lipinski definition) is 4. The van der Waals surface area contributed by atoms with Crippen LogP contribution in [0.5, 0.6) is 5.75 Å². The number of carbonyl (C=O) groups excluding carboxylic acids is 2. The van der Waals surface area contributed by atoms with Gasteiger partial charge in [-0.2, -0.15) is 0 Å². The highest BCUT2D eigenvalue weighted by atomic mass is 16.5. The number of hydrogen-bond donors (Lipinski definition) is 2. The summed E-state index contributed by atoms with van der Waals surface area (Å²) in [6.07, 6.45) is 6.14. The van der Waals surface area contributed by atoms with Gasteiger partial charge in [-0.05, 0) is 31.4 Å². The molecule has 0 radical (unpaired) electrons. The van der Waals surface area contributed by atoms with Crippen LogP contribution in [0.15, 0.2) is 43.0 Å². The van der Waals surface area contributed by atoms with E-state index >= 15 is 0 Å². The number of amides is 2. The number of ether oxygens (including phenoxy) is 1. The lowest BCUT2D eigenvalue weighted by atomic mass is 10.0. The lowest BCUT2D eigenvalue weighted by Crippen LogP contribution is -2.50. The van der Waals surface area contributed by atoms with Crippen molar-refractivity contribution in [2.45, 2.75) is 39.8 Å². The normalized spacial score (nSPS) is 11.9. The van der Waals surface area contributed by atoms with Gasteiger partial charge in [0.1, 0.15) is 11.8 Å². The Morgan fingerprint density at radius 1 is 1.26 bits per heavy atom. The van der Waals surface area contributed by atoms with Gasteiger partial charge in [-0.3, -0.25) is 9.59 Å². The van der Waals surface area contributed by atoms with Crippen LogP contribution in [0, 0.1) is 5.92 Å². The first-order valence-electron chi connectivity index (χ1n) is 9.29. The van der Waals surface area contributed by atoms with E-state index in [9.17, 15) is 9.59 Å². The van der Waals surface area contributed by atoms with E-state index in [2.05, 4.69) is 15.6 Å². The first-order valence-corrected chi connectivity index (χ1v) is 9.29. The number of para-hydroxylation sites is 1. The Hall–Kier alpha value is -2.83. The van der Waals surface area contributed by atoms with Crippen molar-refractivity contribution in [3.05, 3.63) is 48.5 Å². The van der Waals surface area contributed by atoms with E-state index in [0.29, 0.717) is 24.5 Å². The molecule has 1 aromatic carbocycles. The Labute approximate surface area is 160 Å². The number of benzene rings is 1. The zero-order valence-corrected chi connectivity index (χ0v) is 16.1. The summed E-state index contributed by atoms with van der Waals surface area (Å²) >= 11 is 0. The third-order valence-corrected chi connectivity index (χ3v) is 4.12. The molecule has 7 nitrogen and oxygen atoms in total. The van der Waals surface area contributed by atoms with Crippen LogP contribution in [-0.2, 0) is 11.3 Å². The number of carbonyl (C=O) groups is 2. The molecule has 27 heavy (non-hydrogen) atoms. The summed E-state index contributed by atoms with van der Waals surface area (Å²) in [6.45, 7) is 7.46. The SMILES string of the molecule is CCOc1ccccc1C(=O)NC(C(=O)NCCCn1ccnc1)C(C)C. The summed E-state index contributed by atoms with van der Waals surface area (Å²) in [4.78, 5) is 29.2. The van der Waals surface area contributed by atoms with Gasteiger partial charge in [0.25, 0.3) is 5.91 Å². The quantitative estimate of drug-likeness (QED) is 0.627. The summed E-state index contributed by atoms with van der Waals surface area (Å²) in [5.41, 5.74) is 0.429. The second kappa shape index (κ2) is 10.4. The molecule has 0 aliphatic carbocycles. The minimum atomic E-state index is -0.611. The zero-order valence-electron chi connectivity index (χ0n) is 16.1. The average Bonchev–Trinajstić information content (AvgIpc) is 3.17. The zero-order chi connectivity index (χ0) is 19.6. The number of nitrogens with one attached hydrogen (secondary N) is 2. The summed E-state index contributed by atoms with van der Waals surface area (Å²) in [5.74, 6) is -0.0215. The van der Waals surface area contributed by atoms with Crippen LogP contribution < -0.4 is 15.4 Å². The van der Waals surface area contributed by atoms with Gasteiger partial charge in [0.05, 0.1) is 18.5 Å². The van der Waals surface area contributed by atoms with E-state index in [1.165, 1.54) is 0 Å². The summed E-state index contributed by atoms with van der Waals surface area (Å²) < 4.78 is 7.46. The van der Waals surface area contributed by atoms with Crippen LogP contribution in [0.25, 0.3) is 0 Å². The molecule has 2 rings (SSSR count). The second-order valence-electron chi connectivity index (χ2n) is 6.57. The number of aromatic nitrogens is 2. The van der Waals surface area contributed by atoms with Crippen LogP contribution in [0.3, 0.4) is 0 Å². The summed E-state index contributed by atoms with van der Waals surface area (Å²) in [7, 11) is 0. The minimum Gasteiger partial charge on any atom is -0.493 e. The number of nitrogens with zero attached hydrogens (tertiary/aromatic N) is 2. The molecule has 0 fully saturated rings. The predicted octanol–water partition coefficient (Wildman–Crippen LogP) is 2.24. The van der Waals surface area contributed by atoms with Gasteiger partial charge in [0, 0.05) is 25.5 Å². The standard InChI is InChI=1S/C20H28N4O3/c1-4-27-17-9-6-5-8-16(17)19(25)23-18(15(2)3)20(26)22-10-7-12-24-13-11-21-14-24/h5-6,8-9,11,13-15,18H,4,7,10,12H2,1-3H3,(H,22,26)(H,23,25). The van der Waals surface area contributed by atoms with Crippen molar-refractivity contribution in [2.24, 2.45) is 5.92 Å². The molecule has 0 bridgehead atoms. The number of rotatable bonds is 10. The van der Waals surface area contributed by atoms with Crippen molar-refractivity contribution in [3.63, 3.8) is 0 Å². The first-order chi connectivity index (χ1) is 13.0. The van der Waals surface area contributed by atoms with E-state index in [4.69, 9.17) is 4.74 Å². The van der Waals surface area contributed by atoms with Crippen LogP contribution in [0.2, 0.25) is 0 Å². The highest BCUT2D eigenvalue weighted by Gasteiger charge is 2.25. The molecule has 146 valence electrons. The van der Waals surface area contributed by atoms with E-state index in [1.54, 1.807) is 30.7 Å². The molecule has 7 heteroatoms. The molecule has 0 saturated carbocycles. The van der Waals surface area contributed by atoms with Crippen molar-refractivity contribution in [2.75, 3.05) is 13.2 Å².